The first-order valence-electron chi connectivity index (χ1n) is 10.9. The second-order valence-electron chi connectivity index (χ2n) is 8.49. The van der Waals surface area contributed by atoms with Crippen molar-refractivity contribution in [3.8, 4) is 11.5 Å². The summed E-state index contributed by atoms with van der Waals surface area (Å²) in [7, 11) is -2.11. The van der Waals surface area contributed by atoms with Crippen molar-refractivity contribution in [1.29, 1.82) is 0 Å². The van der Waals surface area contributed by atoms with Gasteiger partial charge in [0.25, 0.3) is 0 Å². The summed E-state index contributed by atoms with van der Waals surface area (Å²) in [6, 6.07) is 9.93. The topological polar surface area (TPSA) is 96.4 Å². The average Bonchev–Trinajstić information content (AvgIpc) is 3.13. The Kier molecular flexibility index (Phi) is 7.66. The Labute approximate surface area is 195 Å². The summed E-state index contributed by atoms with van der Waals surface area (Å²) in [6.45, 7) is 8.26. The van der Waals surface area contributed by atoms with Crippen LogP contribution in [-0.2, 0) is 14.8 Å². The van der Waals surface area contributed by atoms with Gasteiger partial charge in [0.15, 0.2) is 0 Å². The minimum atomic E-state index is -3.80. The van der Waals surface area contributed by atoms with E-state index in [4.69, 9.17) is 9.47 Å². The third kappa shape index (κ3) is 5.85. The molecule has 1 aliphatic heterocycles. The van der Waals surface area contributed by atoms with Crippen LogP contribution in [0.1, 0.15) is 23.6 Å². The van der Waals surface area contributed by atoms with Crippen LogP contribution < -0.4 is 9.47 Å². The van der Waals surface area contributed by atoms with Gasteiger partial charge in [0.05, 0.1) is 18.0 Å². The largest absolute Gasteiger partial charge is 0.492 e. The van der Waals surface area contributed by atoms with Crippen LogP contribution in [0.5, 0.6) is 11.5 Å². The van der Waals surface area contributed by atoms with E-state index in [0.717, 1.165) is 11.1 Å². The van der Waals surface area contributed by atoms with E-state index in [1.165, 1.54) is 33.8 Å². The zero-order valence-corrected chi connectivity index (χ0v) is 20.6. The number of ether oxygens (including phenoxy) is 2. The molecule has 1 aliphatic rings. The van der Waals surface area contributed by atoms with Gasteiger partial charge in [0.1, 0.15) is 30.3 Å². The van der Waals surface area contributed by atoms with Crippen LogP contribution >= 0.6 is 0 Å². The molecule has 0 unspecified atom stereocenters. The van der Waals surface area contributed by atoms with E-state index in [1.807, 2.05) is 32.9 Å². The van der Waals surface area contributed by atoms with Crippen LogP contribution in [0, 0.1) is 20.8 Å². The van der Waals surface area contributed by atoms with E-state index in [1.54, 1.807) is 19.2 Å². The van der Waals surface area contributed by atoms with E-state index in [9.17, 15) is 18.3 Å². The number of amides is 1. The monoisotopic (exact) mass is 476 g/mol. The fraction of sp³-hybridized carbons (Fsp3) is 0.458. The van der Waals surface area contributed by atoms with Gasteiger partial charge < -0.3 is 19.5 Å². The average molecular weight is 477 g/mol. The molecule has 0 spiro atoms. The Morgan fingerprint density at radius 3 is 2.27 bits per heavy atom. The van der Waals surface area contributed by atoms with Gasteiger partial charge in [-0.1, -0.05) is 0 Å². The highest BCUT2D eigenvalue weighted by molar-refractivity contribution is 7.89. The van der Waals surface area contributed by atoms with Crippen molar-refractivity contribution in [3.05, 3.63) is 53.1 Å². The molecule has 8 nitrogen and oxygen atoms in total. The maximum atomic E-state index is 13.1. The number of aliphatic hydroxyl groups excluding tert-OH is 1. The molecule has 0 aromatic heterocycles. The Bertz CT molecular complexity index is 1080. The Balaban J connectivity index is 1.64. The zero-order chi connectivity index (χ0) is 24.3. The number of rotatable bonds is 8. The molecule has 0 aliphatic carbocycles. The normalized spacial score (nSPS) is 18.8. The van der Waals surface area contributed by atoms with E-state index in [0.29, 0.717) is 24.7 Å². The third-order valence-electron chi connectivity index (χ3n) is 6.09. The molecule has 0 radical (unpaired) electrons. The summed E-state index contributed by atoms with van der Waals surface area (Å²) in [4.78, 5) is 12.9. The molecule has 9 heteroatoms. The van der Waals surface area contributed by atoms with Gasteiger partial charge in [0.2, 0.25) is 15.9 Å². The SMILES string of the molecule is CC(=O)N(C)CCOc1ccc(S(=O)(=O)N2C[C@H](Oc3cc(C)c(C)c(C)c3)[C@@H](O)C2)cc1. The fourth-order valence-corrected chi connectivity index (χ4v) is 5.06. The number of nitrogens with zero attached hydrogens (tertiary/aromatic N) is 2. The number of carbonyl (C=O) groups excluding carboxylic acids is 1. The molecule has 0 saturated carbocycles. The molecule has 0 bridgehead atoms. The lowest BCUT2D eigenvalue weighted by molar-refractivity contribution is -0.127. The highest BCUT2D eigenvalue weighted by Gasteiger charge is 2.40. The lowest BCUT2D eigenvalue weighted by Crippen LogP contribution is -2.31. The van der Waals surface area contributed by atoms with Crippen LogP contribution in [0.25, 0.3) is 0 Å². The molecule has 1 amide bonds. The Hall–Kier alpha value is -2.62. The molecule has 2 aromatic carbocycles. The molecule has 2 atom stereocenters. The second kappa shape index (κ2) is 10.1. The lowest BCUT2D eigenvalue weighted by Gasteiger charge is -2.19. The molecule has 1 N–H and O–H groups in total. The van der Waals surface area contributed by atoms with Gasteiger partial charge in [-0.05, 0) is 73.9 Å². The van der Waals surface area contributed by atoms with Crippen LogP contribution in [-0.4, -0.2) is 74.1 Å². The van der Waals surface area contributed by atoms with Gasteiger partial charge in [-0.25, -0.2) is 8.42 Å². The van der Waals surface area contributed by atoms with Crippen molar-refractivity contribution in [1.82, 2.24) is 9.21 Å². The smallest absolute Gasteiger partial charge is 0.243 e. The highest BCUT2D eigenvalue weighted by Crippen LogP contribution is 2.27. The molecule has 33 heavy (non-hydrogen) atoms. The fourth-order valence-electron chi connectivity index (χ4n) is 3.59. The predicted molar refractivity (Wildman–Crippen MR) is 125 cm³/mol. The Morgan fingerprint density at radius 1 is 1.09 bits per heavy atom. The lowest BCUT2D eigenvalue weighted by atomic mass is 10.0. The molecule has 2 aromatic rings. The maximum Gasteiger partial charge on any atom is 0.243 e. The van der Waals surface area contributed by atoms with Gasteiger partial charge in [-0.15, -0.1) is 0 Å². The van der Waals surface area contributed by atoms with Crippen molar-refractivity contribution < 1.29 is 27.8 Å². The first kappa shape index (κ1) is 25.0. The number of hydrogen-bond acceptors (Lipinski definition) is 6. The summed E-state index contributed by atoms with van der Waals surface area (Å²) < 4.78 is 39.0. The zero-order valence-electron chi connectivity index (χ0n) is 19.7. The minimum Gasteiger partial charge on any atom is -0.492 e. The number of aryl methyl sites for hydroxylation is 2. The molecular weight excluding hydrogens is 444 g/mol. The van der Waals surface area contributed by atoms with E-state index in [-0.39, 0.29) is 23.9 Å². The maximum absolute atomic E-state index is 13.1. The number of likely N-dealkylation sites (N-methyl/N-ethyl adjacent to an activating group) is 1. The molecular formula is C24H32N2O6S. The number of carbonyl (C=O) groups is 1. The summed E-state index contributed by atoms with van der Waals surface area (Å²) in [6.07, 6.45) is -1.58. The van der Waals surface area contributed by atoms with E-state index in [2.05, 4.69) is 0 Å². The van der Waals surface area contributed by atoms with Gasteiger partial charge in [0, 0.05) is 20.5 Å². The summed E-state index contributed by atoms with van der Waals surface area (Å²) in [5.74, 6) is 1.08. The second-order valence-corrected chi connectivity index (χ2v) is 10.4. The summed E-state index contributed by atoms with van der Waals surface area (Å²) >= 11 is 0. The summed E-state index contributed by atoms with van der Waals surface area (Å²) in [5, 5.41) is 10.5. The van der Waals surface area contributed by atoms with Crippen molar-refractivity contribution in [3.63, 3.8) is 0 Å². The molecule has 1 fully saturated rings. The van der Waals surface area contributed by atoms with Crippen LogP contribution in [0.4, 0.5) is 0 Å². The summed E-state index contributed by atoms with van der Waals surface area (Å²) in [5.41, 5.74) is 3.34. The first-order chi connectivity index (χ1) is 15.5. The number of sulfonamides is 1. The molecule has 1 heterocycles. The standard InChI is InChI=1S/C24H32N2O6S/c1-16-12-21(13-17(2)18(16)3)32-24-15-26(14-23(24)28)33(29,30)22-8-6-20(7-9-22)31-11-10-25(5)19(4)27/h6-9,12-13,23-24,28H,10-11,14-15H2,1-5H3/t23-,24-/m0/s1. The van der Waals surface area contributed by atoms with Crippen LogP contribution in [0.2, 0.25) is 0 Å². The quantitative estimate of drug-likeness (QED) is 0.628. The van der Waals surface area contributed by atoms with Crippen molar-refractivity contribution >= 4 is 15.9 Å². The number of benzene rings is 2. The number of hydrogen-bond donors (Lipinski definition) is 1. The number of β-amino-alcohol motifs (C(OH)–C–C–N with tert-alkyl or cyclic N) is 1. The third-order valence-corrected chi connectivity index (χ3v) is 7.93. The van der Waals surface area contributed by atoms with Gasteiger partial charge in [-0.3, -0.25) is 4.79 Å². The Morgan fingerprint density at radius 2 is 1.70 bits per heavy atom. The first-order valence-corrected chi connectivity index (χ1v) is 12.3. The van der Waals surface area contributed by atoms with Gasteiger partial charge in [-0.2, -0.15) is 4.31 Å². The van der Waals surface area contributed by atoms with Crippen LogP contribution in [0.15, 0.2) is 41.3 Å². The van der Waals surface area contributed by atoms with Crippen molar-refractivity contribution in [2.24, 2.45) is 0 Å². The van der Waals surface area contributed by atoms with E-state index < -0.39 is 22.2 Å². The van der Waals surface area contributed by atoms with Crippen LogP contribution in [0.3, 0.4) is 0 Å². The molecule has 180 valence electrons. The number of aliphatic hydroxyl groups is 1. The van der Waals surface area contributed by atoms with Crippen molar-refractivity contribution in [2.75, 3.05) is 33.3 Å². The van der Waals surface area contributed by atoms with Crippen molar-refractivity contribution in [2.45, 2.75) is 44.8 Å². The van der Waals surface area contributed by atoms with Gasteiger partial charge >= 0.3 is 0 Å². The predicted octanol–water partition coefficient (Wildman–Crippen LogP) is 2.28. The minimum absolute atomic E-state index is 0.0353. The molecule has 3 rings (SSSR count). The highest BCUT2D eigenvalue weighted by atomic mass is 32.2. The molecule has 1 saturated heterocycles. The van der Waals surface area contributed by atoms with E-state index >= 15 is 0 Å².